The maximum atomic E-state index is 11.7. The SMILES string of the molecule is CCOc1ccc(C#Cc2ccc3c(c2)C2(CC2)CN(CCC(=O)OC(C)=O)C3)cc1. The summed E-state index contributed by atoms with van der Waals surface area (Å²) in [6, 6.07) is 14.3. The zero-order chi connectivity index (χ0) is 21.8. The van der Waals surface area contributed by atoms with Gasteiger partial charge in [0.25, 0.3) is 0 Å². The van der Waals surface area contributed by atoms with Crippen molar-refractivity contribution in [2.24, 2.45) is 0 Å². The van der Waals surface area contributed by atoms with E-state index in [1.165, 1.54) is 18.1 Å². The Morgan fingerprint density at radius 3 is 2.45 bits per heavy atom. The van der Waals surface area contributed by atoms with Gasteiger partial charge in [0, 0.05) is 43.1 Å². The second-order valence-corrected chi connectivity index (χ2v) is 8.29. The molecule has 1 saturated carbocycles. The lowest BCUT2D eigenvalue weighted by atomic mass is 9.85. The lowest BCUT2D eigenvalue weighted by Gasteiger charge is -2.35. The minimum absolute atomic E-state index is 0.175. The molecule has 0 amide bonds. The average molecular weight is 418 g/mol. The molecule has 1 aliphatic carbocycles. The van der Waals surface area contributed by atoms with Gasteiger partial charge in [-0.3, -0.25) is 14.5 Å². The highest BCUT2D eigenvalue weighted by Gasteiger charge is 2.48. The van der Waals surface area contributed by atoms with Crippen molar-refractivity contribution >= 4 is 11.9 Å². The summed E-state index contributed by atoms with van der Waals surface area (Å²) in [4.78, 5) is 24.9. The van der Waals surface area contributed by atoms with E-state index in [4.69, 9.17) is 4.74 Å². The Morgan fingerprint density at radius 1 is 1.06 bits per heavy atom. The van der Waals surface area contributed by atoms with Gasteiger partial charge < -0.3 is 9.47 Å². The number of esters is 2. The first-order valence-corrected chi connectivity index (χ1v) is 10.8. The number of ether oxygens (including phenoxy) is 2. The first-order chi connectivity index (χ1) is 15.0. The fraction of sp³-hybridized carbons (Fsp3) is 0.385. The van der Waals surface area contributed by atoms with Crippen LogP contribution in [0.2, 0.25) is 0 Å². The Kier molecular flexibility index (Phi) is 6.11. The van der Waals surface area contributed by atoms with Crippen molar-refractivity contribution in [1.82, 2.24) is 4.90 Å². The molecule has 1 fully saturated rings. The first-order valence-electron chi connectivity index (χ1n) is 10.8. The summed E-state index contributed by atoms with van der Waals surface area (Å²) in [5.41, 5.74) is 4.86. The van der Waals surface area contributed by atoms with Crippen molar-refractivity contribution in [1.29, 1.82) is 0 Å². The Balaban J connectivity index is 1.45. The van der Waals surface area contributed by atoms with E-state index in [0.717, 1.165) is 42.8 Å². The molecule has 160 valence electrons. The smallest absolute Gasteiger partial charge is 0.314 e. The van der Waals surface area contributed by atoms with Gasteiger partial charge in [-0.15, -0.1) is 0 Å². The summed E-state index contributed by atoms with van der Waals surface area (Å²) in [6.45, 7) is 6.22. The fourth-order valence-corrected chi connectivity index (χ4v) is 4.24. The first kappa shape index (κ1) is 21.1. The summed E-state index contributed by atoms with van der Waals surface area (Å²) in [5, 5.41) is 0. The van der Waals surface area contributed by atoms with Crippen LogP contribution in [-0.4, -0.2) is 36.5 Å². The van der Waals surface area contributed by atoms with Crippen molar-refractivity contribution in [2.45, 2.75) is 45.1 Å². The molecule has 2 aromatic carbocycles. The third-order valence-electron chi connectivity index (χ3n) is 5.86. The van der Waals surface area contributed by atoms with Gasteiger partial charge in [0.05, 0.1) is 13.0 Å². The molecular weight excluding hydrogens is 390 g/mol. The molecule has 0 bridgehead atoms. The lowest BCUT2D eigenvalue weighted by molar-refractivity contribution is -0.158. The van der Waals surface area contributed by atoms with Gasteiger partial charge in [0.15, 0.2) is 0 Å². The van der Waals surface area contributed by atoms with Crippen molar-refractivity contribution in [2.75, 3.05) is 19.7 Å². The molecule has 1 heterocycles. The lowest BCUT2D eigenvalue weighted by Crippen LogP contribution is -2.39. The zero-order valence-electron chi connectivity index (χ0n) is 18.1. The second kappa shape index (κ2) is 8.95. The van der Waals surface area contributed by atoms with Crippen LogP contribution in [-0.2, 0) is 26.3 Å². The van der Waals surface area contributed by atoms with Crippen molar-refractivity contribution in [3.05, 3.63) is 64.7 Å². The third kappa shape index (κ3) is 5.15. The average Bonchev–Trinajstić information content (AvgIpc) is 3.51. The van der Waals surface area contributed by atoms with Crippen LogP contribution in [0.15, 0.2) is 42.5 Å². The number of hydrogen-bond acceptors (Lipinski definition) is 5. The molecule has 5 heteroatoms. The number of rotatable bonds is 5. The van der Waals surface area contributed by atoms with Crippen LogP contribution < -0.4 is 4.74 Å². The van der Waals surface area contributed by atoms with Crippen LogP contribution in [0.3, 0.4) is 0 Å². The number of benzene rings is 2. The fourth-order valence-electron chi connectivity index (χ4n) is 4.24. The van der Waals surface area contributed by atoms with Crippen LogP contribution in [0.4, 0.5) is 0 Å². The number of carbonyl (C=O) groups is 2. The minimum Gasteiger partial charge on any atom is -0.494 e. The van der Waals surface area contributed by atoms with Crippen LogP contribution >= 0.6 is 0 Å². The van der Waals surface area contributed by atoms with Gasteiger partial charge in [-0.1, -0.05) is 17.9 Å². The van der Waals surface area contributed by atoms with E-state index in [1.807, 2.05) is 31.2 Å². The predicted molar refractivity (Wildman–Crippen MR) is 118 cm³/mol. The van der Waals surface area contributed by atoms with E-state index in [2.05, 4.69) is 39.7 Å². The molecule has 0 aromatic heterocycles. The molecule has 0 N–H and O–H groups in total. The summed E-state index contributed by atoms with van der Waals surface area (Å²) in [6.07, 6.45) is 2.55. The maximum absolute atomic E-state index is 11.7. The van der Waals surface area contributed by atoms with E-state index in [9.17, 15) is 9.59 Å². The molecule has 2 aromatic rings. The van der Waals surface area contributed by atoms with Gasteiger partial charge in [0.1, 0.15) is 5.75 Å². The van der Waals surface area contributed by atoms with Gasteiger partial charge in [0.2, 0.25) is 0 Å². The molecule has 0 unspecified atom stereocenters. The number of nitrogens with zero attached hydrogens (tertiary/aromatic N) is 1. The summed E-state index contributed by atoms with van der Waals surface area (Å²) >= 11 is 0. The van der Waals surface area contributed by atoms with Gasteiger partial charge in [-0.2, -0.15) is 0 Å². The molecule has 1 spiro atoms. The van der Waals surface area contributed by atoms with Crippen molar-refractivity contribution in [3.63, 3.8) is 0 Å². The molecule has 4 rings (SSSR count). The number of hydrogen-bond donors (Lipinski definition) is 0. The van der Waals surface area contributed by atoms with Crippen LogP contribution in [0.25, 0.3) is 0 Å². The molecule has 0 atom stereocenters. The summed E-state index contributed by atoms with van der Waals surface area (Å²) in [7, 11) is 0. The number of carbonyl (C=O) groups excluding carboxylic acids is 2. The highest BCUT2D eigenvalue weighted by Crippen LogP contribution is 2.52. The monoisotopic (exact) mass is 417 g/mol. The molecule has 1 aliphatic heterocycles. The minimum atomic E-state index is -0.550. The van der Waals surface area contributed by atoms with Crippen LogP contribution in [0, 0.1) is 11.8 Å². The largest absolute Gasteiger partial charge is 0.494 e. The van der Waals surface area contributed by atoms with Crippen LogP contribution in [0.5, 0.6) is 5.75 Å². The van der Waals surface area contributed by atoms with Crippen molar-refractivity contribution < 1.29 is 19.1 Å². The predicted octanol–water partition coefficient (Wildman–Crippen LogP) is 3.81. The van der Waals surface area contributed by atoms with Gasteiger partial charge >= 0.3 is 11.9 Å². The standard InChI is InChI=1S/C26H27NO4/c1-3-30-23-10-7-20(8-11-23)4-5-21-6-9-22-17-27(15-12-25(29)31-19(2)28)18-26(13-14-26)24(22)16-21/h6-11,16H,3,12-15,17-18H2,1-2H3. The quantitative estimate of drug-likeness (QED) is 0.421. The normalized spacial score (nSPS) is 16.1. The van der Waals surface area contributed by atoms with Crippen molar-refractivity contribution in [3.8, 4) is 17.6 Å². The van der Waals surface area contributed by atoms with E-state index in [-0.39, 0.29) is 11.8 Å². The van der Waals surface area contributed by atoms with E-state index in [1.54, 1.807) is 0 Å². The number of fused-ring (bicyclic) bond motifs is 2. The maximum Gasteiger partial charge on any atom is 0.314 e. The molecular formula is C26H27NO4. The Labute approximate surface area is 183 Å². The Morgan fingerprint density at radius 2 is 1.77 bits per heavy atom. The van der Waals surface area contributed by atoms with E-state index < -0.39 is 11.9 Å². The molecule has 2 aliphatic rings. The van der Waals surface area contributed by atoms with Gasteiger partial charge in [-0.25, -0.2) is 0 Å². The molecule has 0 radical (unpaired) electrons. The molecule has 31 heavy (non-hydrogen) atoms. The van der Waals surface area contributed by atoms with Gasteiger partial charge in [-0.05, 0) is 67.3 Å². The Hall–Kier alpha value is -3.10. The second-order valence-electron chi connectivity index (χ2n) is 8.29. The van der Waals surface area contributed by atoms with E-state index >= 15 is 0 Å². The Bertz CT molecular complexity index is 1040. The van der Waals surface area contributed by atoms with Crippen LogP contribution in [0.1, 0.15) is 55.4 Å². The molecule has 5 nitrogen and oxygen atoms in total. The third-order valence-corrected chi connectivity index (χ3v) is 5.86. The van der Waals surface area contributed by atoms with E-state index in [0.29, 0.717) is 13.2 Å². The summed E-state index contributed by atoms with van der Waals surface area (Å²) < 4.78 is 10.1. The highest BCUT2D eigenvalue weighted by molar-refractivity contribution is 5.84. The summed E-state index contributed by atoms with van der Waals surface area (Å²) in [5.74, 6) is 6.40. The topological polar surface area (TPSA) is 55.8 Å². The highest BCUT2D eigenvalue weighted by atomic mass is 16.6. The molecule has 0 saturated heterocycles. The zero-order valence-corrected chi connectivity index (χ0v) is 18.1.